The molecule has 0 aromatic rings. The van der Waals surface area contributed by atoms with Gasteiger partial charge < -0.3 is 10.2 Å². The van der Waals surface area contributed by atoms with Gasteiger partial charge in [-0.25, -0.2) is 0 Å². The maximum Gasteiger partial charge on any atom is 0.241 e. The number of carbonyl (C=O) groups is 1. The number of hydrogen-bond acceptors (Lipinski definition) is 3. The first kappa shape index (κ1) is 11.9. The topological polar surface area (TPSA) is 35.6 Å². The van der Waals surface area contributed by atoms with E-state index in [1.54, 1.807) is 0 Å². The molecule has 4 nitrogen and oxygen atoms in total. The predicted molar refractivity (Wildman–Crippen MR) is 64.3 cm³/mol. The minimum Gasteiger partial charge on any atom is -0.342 e. The van der Waals surface area contributed by atoms with Gasteiger partial charge in [-0.3, -0.25) is 9.69 Å². The van der Waals surface area contributed by atoms with Crippen LogP contribution in [0.15, 0.2) is 0 Å². The van der Waals surface area contributed by atoms with E-state index in [2.05, 4.69) is 17.1 Å². The van der Waals surface area contributed by atoms with Gasteiger partial charge in [-0.2, -0.15) is 0 Å². The number of likely N-dealkylation sites (N-methyl/N-ethyl adjacent to an activating group) is 2. The second kappa shape index (κ2) is 4.72. The largest absolute Gasteiger partial charge is 0.342 e. The van der Waals surface area contributed by atoms with E-state index < -0.39 is 0 Å². The molecule has 1 aliphatic carbocycles. The number of nitrogens with one attached hydrogen (secondary N) is 1. The first-order valence-electron chi connectivity index (χ1n) is 6.32. The Kier molecular flexibility index (Phi) is 3.50. The lowest BCUT2D eigenvalue weighted by Gasteiger charge is -2.30. The lowest BCUT2D eigenvalue weighted by Crippen LogP contribution is -2.51. The molecular formula is C12H23N3O. The van der Waals surface area contributed by atoms with E-state index in [4.69, 9.17) is 0 Å². The van der Waals surface area contributed by atoms with Gasteiger partial charge >= 0.3 is 0 Å². The number of hydrogen-bond donors (Lipinski definition) is 1. The van der Waals surface area contributed by atoms with Crippen molar-refractivity contribution < 1.29 is 4.79 Å². The zero-order valence-electron chi connectivity index (χ0n) is 10.6. The van der Waals surface area contributed by atoms with E-state index in [0.717, 1.165) is 19.5 Å². The van der Waals surface area contributed by atoms with Gasteiger partial charge in [0.15, 0.2) is 0 Å². The summed E-state index contributed by atoms with van der Waals surface area (Å²) in [7, 11) is 3.86. The fourth-order valence-electron chi connectivity index (χ4n) is 2.52. The second-order valence-electron chi connectivity index (χ2n) is 5.13. The van der Waals surface area contributed by atoms with Crippen LogP contribution in [0.5, 0.6) is 0 Å². The van der Waals surface area contributed by atoms with Crippen molar-refractivity contribution >= 4 is 5.91 Å². The van der Waals surface area contributed by atoms with Gasteiger partial charge in [0.2, 0.25) is 5.91 Å². The summed E-state index contributed by atoms with van der Waals surface area (Å²) in [4.78, 5) is 16.7. The van der Waals surface area contributed by atoms with E-state index in [1.807, 2.05) is 19.0 Å². The highest BCUT2D eigenvalue weighted by atomic mass is 16.2. The molecule has 2 aliphatic rings. The minimum atomic E-state index is 0.0486. The van der Waals surface area contributed by atoms with Crippen LogP contribution < -0.4 is 5.32 Å². The zero-order valence-corrected chi connectivity index (χ0v) is 10.6. The number of amides is 1. The van der Waals surface area contributed by atoms with Crippen molar-refractivity contribution in [3.05, 3.63) is 0 Å². The third-order valence-electron chi connectivity index (χ3n) is 3.91. The average Bonchev–Trinajstić information content (AvgIpc) is 3.09. The molecule has 4 heteroatoms. The van der Waals surface area contributed by atoms with Crippen LogP contribution in [0.1, 0.15) is 26.2 Å². The monoisotopic (exact) mass is 225 g/mol. The van der Waals surface area contributed by atoms with Crippen LogP contribution in [0.3, 0.4) is 0 Å². The summed E-state index contributed by atoms with van der Waals surface area (Å²) in [5, 5.41) is 3.15. The molecule has 2 rings (SSSR count). The molecule has 2 fully saturated rings. The third kappa shape index (κ3) is 2.23. The lowest BCUT2D eigenvalue weighted by atomic mass is 10.2. The zero-order chi connectivity index (χ0) is 11.7. The molecule has 2 atom stereocenters. The third-order valence-corrected chi connectivity index (χ3v) is 3.91. The molecule has 1 saturated heterocycles. The second-order valence-corrected chi connectivity index (χ2v) is 5.13. The molecular weight excluding hydrogens is 202 g/mol. The summed E-state index contributed by atoms with van der Waals surface area (Å²) in [6.45, 7) is 3.98. The average molecular weight is 225 g/mol. The number of rotatable bonds is 3. The molecule has 0 radical (unpaired) electrons. The molecule has 92 valence electrons. The Morgan fingerprint density at radius 3 is 2.62 bits per heavy atom. The SMILES string of the molecule is CNCC1C(=O)N(C)C(C)CCN1C1CC1. The van der Waals surface area contributed by atoms with Crippen LogP contribution >= 0.6 is 0 Å². The highest BCUT2D eigenvalue weighted by Crippen LogP contribution is 2.31. The van der Waals surface area contributed by atoms with Crippen LogP contribution in [0.25, 0.3) is 0 Å². The Balaban J connectivity index is 2.14. The first-order chi connectivity index (χ1) is 7.65. The summed E-state index contributed by atoms with van der Waals surface area (Å²) >= 11 is 0. The van der Waals surface area contributed by atoms with Crippen molar-refractivity contribution in [1.82, 2.24) is 15.1 Å². The molecule has 0 aromatic carbocycles. The molecule has 0 spiro atoms. The van der Waals surface area contributed by atoms with Gasteiger partial charge in [-0.1, -0.05) is 0 Å². The fourth-order valence-corrected chi connectivity index (χ4v) is 2.52. The summed E-state index contributed by atoms with van der Waals surface area (Å²) in [6, 6.07) is 1.09. The van der Waals surface area contributed by atoms with Crippen LogP contribution in [0.2, 0.25) is 0 Å². The van der Waals surface area contributed by atoms with Crippen LogP contribution in [-0.4, -0.2) is 61.0 Å². The molecule has 1 aliphatic heterocycles. The van der Waals surface area contributed by atoms with Crippen molar-refractivity contribution in [1.29, 1.82) is 0 Å². The lowest BCUT2D eigenvalue weighted by molar-refractivity contribution is -0.135. The van der Waals surface area contributed by atoms with Crippen molar-refractivity contribution in [2.75, 3.05) is 27.2 Å². The molecule has 1 amide bonds. The Labute approximate surface area is 98.0 Å². The first-order valence-corrected chi connectivity index (χ1v) is 6.32. The molecule has 2 unspecified atom stereocenters. The Bertz CT molecular complexity index is 265. The maximum atomic E-state index is 12.3. The highest BCUT2D eigenvalue weighted by molar-refractivity contribution is 5.82. The summed E-state index contributed by atoms with van der Waals surface area (Å²) < 4.78 is 0. The summed E-state index contributed by atoms with van der Waals surface area (Å²) in [5.74, 6) is 0.284. The maximum absolute atomic E-state index is 12.3. The molecule has 0 bridgehead atoms. The van der Waals surface area contributed by atoms with Gasteiger partial charge in [0, 0.05) is 32.2 Å². The van der Waals surface area contributed by atoms with E-state index in [1.165, 1.54) is 12.8 Å². The van der Waals surface area contributed by atoms with Gasteiger partial charge in [0.1, 0.15) is 6.04 Å². The summed E-state index contributed by atoms with van der Waals surface area (Å²) in [6.07, 6.45) is 3.64. The molecule has 1 saturated carbocycles. The summed E-state index contributed by atoms with van der Waals surface area (Å²) in [5.41, 5.74) is 0. The van der Waals surface area contributed by atoms with Crippen molar-refractivity contribution in [3.63, 3.8) is 0 Å². The smallest absolute Gasteiger partial charge is 0.241 e. The van der Waals surface area contributed by atoms with Gasteiger partial charge in [0.05, 0.1) is 0 Å². The van der Waals surface area contributed by atoms with Crippen molar-refractivity contribution in [3.8, 4) is 0 Å². The molecule has 1 N–H and O–H groups in total. The van der Waals surface area contributed by atoms with Gasteiger partial charge in [-0.15, -0.1) is 0 Å². The molecule has 16 heavy (non-hydrogen) atoms. The van der Waals surface area contributed by atoms with Crippen molar-refractivity contribution in [2.24, 2.45) is 0 Å². The Morgan fingerprint density at radius 2 is 2.06 bits per heavy atom. The van der Waals surface area contributed by atoms with Crippen LogP contribution in [0, 0.1) is 0 Å². The Hall–Kier alpha value is -0.610. The Morgan fingerprint density at radius 1 is 1.38 bits per heavy atom. The normalized spacial score (nSPS) is 32.9. The highest BCUT2D eigenvalue weighted by Gasteiger charge is 2.40. The number of carbonyl (C=O) groups excluding carboxylic acids is 1. The molecule has 0 aromatic heterocycles. The van der Waals surface area contributed by atoms with E-state index in [-0.39, 0.29) is 11.9 Å². The number of nitrogens with zero attached hydrogens (tertiary/aromatic N) is 2. The van der Waals surface area contributed by atoms with Crippen LogP contribution in [0.4, 0.5) is 0 Å². The van der Waals surface area contributed by atoms with Crippen molar-refractivity contribution in [2.45, 2.75) is 44.3 Å². The van der Waals surface area contributed by atoms with E-state index in [9.17, 15) is 4.79 Å². The standard InChI is InChI=1S/C12H23N3O/c1-9-6-7-15(10-4-5-10)11(8-13-2)12(16)14(9)3/h9-11,13H,4-8H2,1-3H3. The quantitative estimate of drug-likeness (QED) is 0.750. The van der Waals surface area contributed by atoms with E-state index in [0.29, 0.717) is 12.1 Å². The van der Waals surface area contributed by atoms with Gasteiger partial charge in [0.25, 0.3) is 0 Å². The fraction of sp³-hybridized carbons (Fsp3) is 0.917. The predicted octanol–water partition coefficient (Wildman–Crippen LogP) is 0.289. The minimum absolute atomic E-state index is 0.0486. The van der Waals surface area contributed by atoms with E-state index >= 15 is 0 Å². The molecule has 1 heterocycles. The van der Waals surface area contributed by atoms with Crippen LogP contribution in [-0.2, 0) is 4.79 Å². The van der Waals surface area contributed by atoms with Gasteiger partial charge in [-0.05, 0) is 33.2 Å².